The van der Waals surface area contributed by atoms with Gasteiger partial charge in [-0.3, -0.25) is 0 Å². The van der Waals surface area contributed by atoms with E-state index >= 15 is 0 Å². The fourth-order valence-corrected chi connectivity index (χ4v) is 2.77. The molecule has 4 nitrogen and oxygen atoms in total. The van der Waals surface area contributed by atoms with Crippen molar-refractivity contribution in [3.8, 4) is 0 Å². The molecule has 1 fully saturated rings. The average molecular weight is 291 g/mol. The van der Waals surface area contributed by atoms with Crippen molar-refractivity contribution in [1.82, 2.24) is 10.3 Å². The van der Waals surface area contributed by atoms with Crippen LogP contribution in [0.25, 0.3) is 0 Å². The molecule has 0 unspecified atom stereocenters. The Hall–Kier alpha value is -1.13. The number of nitrogens with zero attached hydrogens (tertiary/aromatic N) is 2. The topological polar surface area (TPSA) is 37.4 Å². The highest BCUT2D eigenvalue weighted by atomic mass is 16.5. The molecule has 0 bridgehead atoms. The van der Waals surface area contributed by atoms with Crippen molar-refractivity contribution in [2.75, 3.05) is 18.0 Å². The van der Waals surface area contributed by atoms with Gasteiger partial charge in [0, 0.05) is 31.4 Å². The van der Waals surface area contributed by atoms with E-state index in [1.807, 2.05) is 6.20 Å². The van der Waals surface area contributed by atoms with Crippen LogP contribution in [0.3, 0.4) is 0 Å². The maximum absolute atomic E-state index is 5.80. The lowest BCUT2D eigenvalue weighted by Gasteiger charge is -2.36. The number of hydrogen-bond donors (Lipinski definition) is 1. The summed E-state index contributed by atoms with van der Waals surface area (Å²) in [5.74, 6) is 1.09. The molecule has 21 heavy (non-hydrogen) atoms. The summed E-state index contributed by atoms with van der Waals surface area (Å²) in [4.78, 5) is 7.04. The van der Waals surface area contributed by atoms with Gasteiger partial charge in [-0.1, -0.05) is 0 Å². The molecule has 0 aromatic carbocycles. The first-order valence-corrected chi connectivity index (χ1v) is 7.85. The second-order valence-electron chi connectivity index (χ2n) is 7.25. The predicted octanol–water partition coefficient (Wildman–Crippen LogP) is 2.89. The third-order valence-electron chi connectivity index (χ3n) is 3.65. The Morgan fingerprint density at radius 2 is 1.90 bits per heavy atom. The monoisotopic (exact) mass is 291 g/mol. The highest BCUT2D eigenvalue weighted by Crippen LogP contribution is 2.22. The van der Waals surface area contributed by atoms with Crippen LogP contribution < -0.4 is 10.2 Å². The van der Waals surface area contributed by atoms with E-state index in [1.54, 1.807) is 0 Å². The third-order valence-corrected chi connectivity index (χ3v) is 3.65. The summed E-state index contributed by atoms with van der Waals surface area (Å²) < 4.78 is 5.80. The summed E-state index contributed by atoms with van der Waals surface area (Å²) in [7, 11) is 0. The number of pyridine rings is 1. The molecule has 1 aromatic heterocycles. The molecule has 0 aliphatic carbocycles. The quantitative estimate of drug-likeness (QED) is 0.929. The van der Waals surface area contributed by atoms with E-state index in [-0.39, 0.29) is 17.7 Å². The normalized spacial score (nSPS) is 23.4. The van der Waals surface area contributed by atoms with Crippen LogP contribution in [0.15, 0.2) is 12.3 Å². The van der Waals surface area contributed by atoms with E-state index in [2.05, 4.69) is 57.8 Å². The van der Waals surface area contributed by atoms with Crippen LogP contribution in [0.1, 0.15) is 45.7 Å². The first-order chi connectivity index (χ1) is 9.74. The molecule has 0 radical (unpaired) electrons. The van der Waals surface area contributed by atoms with Crippen LogP contribution in [0.2, 0.25) is 0 Å². The van der Waals surface area contributed by atoms with Crippen molar-refractivity contribution >= 4 is 5.82 Å². The molecular formula is C17H29N3O. The summed E-state index contributed by atoms with van der Waals surface area (Å²) in [5, 5.41) is 3.50. The fraction of sp³-hybridized carbons (Fsp3) is 0.706. The maximum Gasteiger partial charge on any atom is 0.131 e. The lowest BCUT2D eigenvalue weighted by atomic mass is 10.1. The number of aromatic nitrogens is 1. The van der Waals surface area contributed by atoms with Gasteiger partial charge in [-0.05, 0) is 58.7 Å². The first-order valence-electron chi connectivity index (χ1n) is 7.85. The molecule has 1 N–H and O–H groups in total. The first kappa shape index (κ1) is 16.2. The largest absolute Gasteiger partial charge is 0.372 e. The zero-order chi connectivity index (χ0) is 15.6. The van der Waals surface area contributed by atoms with Crippen LogP contribution in [0.4, 0.5) is 5.82 Å². The number of ether oxygens (including phenoxy) is 1. The Morgan fingerprint density at radius 3 is 2.43 bits per heavy atom. The number of morpholine rings is 1. The van der Waals surface area contributed by atoms with Gasteiger partial charge in [0.2, 0.25) is 0 Å². The van der Waals surface area contributed by atoms with E-state index < -0.39 is 0 Å². The SMILES string of the molecule is Cc1cc(CNC(C)(C)C)cnc1N1C[C@@H](C)O[C@@H](C)C1. The minimum atomic E-state index is 0.127. The van der Waals surface area contributed by atoms with Gasteiger partial charge in [-0.2, -0.15) is 0 Å². The van der Waals surface area contributed by atoms with Gasteiger partial charge >= 0.3 is 0 Å². The highest BCUT2D eigenvalue weighted by Gasteiger charge is 2.24. The van der Waals surface area contributed by atoms with Crippen LogP contribution in [-0.2, 0) is 11.3 Å². The molecule has 1 aliphatic heterocycles. The van der Waals surface area contributed by atoms with Gasteiger partial charge in [0.1, 0.15) is 5.82 Å². The van der Waals surface area contributed by atoms with E-state index in [4.69, 9.17) is 9.72 Å². The minimum Gasteiger partial charge on any atom is -0.372 e. The molecule has 4 heteroatoms. The molecule has 2 heterocycles. The standard InChI is InChI=1S/C17H29N3O/c1-12-7-15(9-19-17(4,5)6)8-18-16(12)20-10-13(2)21-14(3)11-20/h7-8,13-14,19H,9-11H2,1-6H3/t13-,14+. The Kier molecular flexibility index (Phi) is 4.89. The Bertz CT molecular complexity index is 471. The molecule has 0 saturated carbocycles. The number of nitrogens with one attached hydrogen (secondary N) is 1. The van der Waals surface area contributed by atoms with Gasteiger partial charge in [0.05, 0.1) is 12.2 Å². The zero-order valence-corrected chi connectivity index (χ0v) is 14.2. The minimum absolute atomic E-state index is 0.127. The summed E-state index contributed by atoms with van der Waals surface area (Å²) in [6.45, 7) is 15.6. The van der Waals surface area contributed by atoms with Crippen LogP contribution in [0.5, 0.6) is 0 Å². The van der Waals surface area contributed by atoms with Crippen molar-refractivity contribution in [1.29, 1.82) is 0 Å². The molecule has 1 aromatic rings. The smallest absolute Gasteiger partial charge is 0.131 e. The second kappa shape index (κ2) is 6.32. The maximum atomic E-state index is 5.80. The van der Waals surface area contributed by atoms with Crippen molar-refractivity contribution in [3.63, 3.8) is 0 Å². The van der Waals surface area contributed by atoms with Crippen LogP contribution in [0, 0.1) is 6.92 Å². The van der Waals surface area contributed by atoms with Crippen molar-refractivity contribution < 1.29 is 4.74 Å². The lowest BCUT2D eigenvalue weighted by molar-refractivity contribution is -0.00549. The number of rotatable bonds is 3. The van der Waals surface area contributed by atoms with Gasteiger partial charge in [-0.15, -0.1) is 0 Å². The Labute approximate surface area is 128 Å². The van der Waals surface area contributed by atoms with Crippen molar-refractivity contribution in [2.45, 2.75) is 65.8 Å². The molecule has 118 valence electrons. The summed E-state index contributed by atoms with van der Waals surface area (Å²) in [6.07, 6.45) is 2.51. The van der Waals surface area contributed by atoms with Crippen molar-refractivity contribution in [2.24, 2.45) is 0 Å². The molecule has 1 saturated heterocycles. The lowest BCUT2D eigenvalue weighted by Crippen LogP contribution is -2.46. The average Bonchev–Trinajstić information content (AvgIpc) is 2.34. The molecule has 0 amide bonds. The number of anilines is 1. The molecule has 2 rings (SSSR count). The van der Waals surface area contributed by atoms with Gasteiger partial charge < -0.3 is 15.0 Å². The third kappa shape index (κ3) is 4.68. The summed E-state index contributed by atoms with van der Waals surface area (Å²) in [5.41, 5.74) is 2.60. The van der Waals surface area contributed by atoms with Gasteiger partial charge in [-0.25, -0.2) is 4.98 Å². The van der Waals surface area contributed by atoms with Gasteiger partial charge in [0.15, 0.2) is 0 Å². The van der Waals surface area contributed by atoms with Crippen LogP contribution >= 0.6 is 0 Å². The van der Waals surface area contributed by atoms with E-state index in [9.17, 15) is 0 Å². The molecular weight excluding hydrogens is 262 g/mol. The number of hydrogen-bond acceptors (Lipinski definition) is 4. The molecule has 2 atom stereocenters. The predicted molar refractivity (Wildman–Crippen MR) is 87.8 cm³/mol. The van der Waals surface area contributed by atoms with E-state index in [0.29, 0.717) is 0 Å². The fourth-order valence-electron chi connectivity index (χ4n) is 2.77. The van der Waals surface area contributed by atoms with Crippen molar-refractivity contribution in [3.05, 3.63) is 23.4 Å². The Morgan fingerprint density at radius 1 is 1.29 bits per heavy atom. The van der Waals surface area contributed by atoms with Gasteiger partial charge in [0.25, 0.3) is 0 Å². The van der Waals surface area contributed by atoms with Crippen LogP contribution in [-0.4, -0.2) is 35.8 Å². The zero-order valence-electron chi connectivity index (χ0n) is 14.2. The summed E-state index contributed by atoms with van der Waals surface area (Å²) >= 11 is 0. The second-order valence-corrected chi connectivity index (χ2v) is 7.25. The Balaban J connectivity index is 2.08. The summed E-state index contributed by atoms with van der Waals surface area (Å²) in [6, 6.07) is 2.24. The number of aryl methyl sites for hydroxylation is 1. The molecule has 0 spiro atoms. The van der Waals surface area contributed by atoms with E-state index in [0.717, 1.165) is 25.5 Å². The molecule has 1 aliphatic rings. The highest BCUT2D eigenvalue weighted by molar-refractivity contribution is 5.48. The van der Waals surface area contributed by atoms with E-state index in [1.165, 1.54) is 11.1 Å².